The molecule has 2 rings (SSSR count). The molecule has 26 heavy (non-hydrogen) atoms. The Balaban J connectivity index is 2.05. The second kappa shape index (κ2) is 8.16. The number of rotatable bonds is 6. The first-order chi connectivity index (χ1) is 12.2. The summed E-state index contributed by atoms with van der Waals surface area (Å²) in [5, 5.41) is 2.84. The summed E-state index contributed by atoms with van der Waals surface area (Å²) < 4.78 is 41.4. The third kappa shape index (κ3) is 5.44. The van der Waals surface area contributed by atoms with Crippen LogP contribution in [0.15, 0.2) is 30.6 Å². The van der Waals surface area contributed by atoms with Crippen LogP contribution in [-0.4, -0.2) is 28.7 Å². The number of hydrogen-bond acceptors (Lipinski definition) is 4. The third-order valence-corrected chi connectivity index (χ3v) is 3.71. The van der Waals surface area contributed by atoms with Crippen LogP contribution < -0.4 is 10.1 Å². The fraction of sp³-hybridized carbons (Fsp3) is 0.389. The van der Waals surface area contributed by atoms with Crippen LogP contribution in [0.4, 0.5) is 13.2 Å². The number of ether oxygens (including phenoxy) is 1. The summed E-state index contributed by atoms with van der Waals surface area (Å²) in [6.45, 7) is 3.93. The fourth-order valence-corrected chi connectivity index (χ4v) is 2.30. The Bertz CT molecular complexity index is 779. The van der Waals surface area contributed by atoms with Crippen LogP contribution in [0.5, 0.6) is 5.88 Å². The monoisotopic (exact) mass is 367 g/mol. The number of aryl methyl sites for hydroxylation is 2. The molecular formula is C18H20F3N3O2. The first-order valence-electron chi connectivity index (χ1n) is 8.11. The molecule has 1 amide bonds. The van der Waals surface area contributed by atoms with E-state index in [2.05, 4.69) is 20.0 Å². The Morgan fingerprint density at radius 2 is 2.04 bits per heavy atom. The van der Waals surface area contributed by atoms with Gasteiger partial charge in [-0.1, -0.05) is 6.92 Å². The van der Waals surface area contributed by atoms with Crippen molar-refractivity contribution in [2.45, 2.75) is 39.4 Å². The minimum absolute atomic E-state index is 0.0775. The van der Waals surface area contributed by atoms with Crippen LogP contribution >= 0.6 is 0 Å². The number of halogens is 3. The molecule has 2 aromatic heterocycles. The van der Waals surface area contributed by atoms with Gasteiger partial charge < -0.3 is 10.1 Å². The zero-order valence-corrected chi connectivity index (χ0v) is 14.7. The molecule has 0 bridgehead atoms. The van der Waals surface area contributed by atoms with Gasteiger partial charge in [-0.2, -0.15) is 13.2 Å². The Kier molecular flexibility index (Phi) is 6.18. The predicted octanol–water partition coefficient (Wildman–Crippen LogP) is 3.78. The molecule has 2 aromatic rings. The number of amides is 1. The molecule has 0 aliphatic rings. The van der Waals surface area contributed by atoms with E-state index in [0.29, 0.717) is 16.7 Å². The first-order valence-corrected chi connectivity index (χ1v) is 8.11. The number of hydrogen-bond donors (Lipinski definition) is 1. The molecule has 140 valence electrons. The van der Waals surface area contributed by atoms with E-state index in [4.69, 9.17) is 0 Å². The molecule has 0 fully saturated rings. The number of pyridine rings is 2. The molecule has 0 aliphatic heterocycles. The van der Waals surface area contributed by atoms with Crippen molar-refractivity contribution in [1.82, 2.24) is 15.3 Å². The van der Waals surface area contributed by atoms with E-state index in [9.17, 15) is 18.0 Å². The van der Waals surface area contributed by atoms with Crippen molar-refractivity contribution in [2.24, 2.45) is 0 Å². The molecule has 0 aromatic carbocycles. The number of carbonyl (C=O) groups excluding carboxylic acids is 1. The van der Waals surface area contributed by atoms with E-state index >= 15 is 0 Å². The van der Waals surface area contributed by atoms with Crippen molar-refractivity contribution in [3.05, 3.63) is 53.0 Å². The third-order valence-electron chi connectivity index (χ3n) is 3.71. The lowest BCUT2D eigenvalue weighted by Gasteiger charge is -2.16. The van der Waals surface area contributed by atoms with Crippen molar-refractivity contribution in [2.75, 3.05) is 6.61 Å². The minimum Gasteiger partial charge on any atom is -0.468 e. The predicted molar refractivity (Wildman–Crippen MR) is 90.0 cm³/mol. The summed E-state index contributed by atoms with van der Waals surface area (Å²) in [6, 6.07) is 4.62. The van der Waals surface area contributed by atoms with Crippen molar-refractivity contribution in [3.63, 3.8) is 0 Å². The molecule has 8 heteroatoms. The highest BCUT2D eigenvalue weighted by Gasteiger charge is 2.29. The zero-order valence-electron chi connectivity index (χ0n) is 14.7. The van der Waals surface area contributed by atoms with E-state index in [-0.39, 0.29) is 17.8 Å². The van der Waals surface area contributed by atoms with Gasteiger partial charge in [0.25, 0.3) is 5.91 Å². The summed E-state index contributed by atoms with van der Waals surface area (Å²) in [4.78, 5) is 20.4. The van der Waals surface area contributed by atoms with Crippen molar-refractivity contribution in [1.29, 1.82) is 0 Å². The average Bonchev–Trinajstić information content (AvgIpc) is 2.59. The summed E-state index contributed by atoms with van der Waals surface area (Å²) in [7, 11) is 0. The van der Waals surface area contributed by atoms with Gasteiger partial charge in [0, 0.05) is 29.2 Å². The van der Waals surface area contributed by atoms with Crippen molar-refractivity contribution in [3.8, 4) is 5.88 Å². The van der Waals surface area contributed by atoms with E-state index in [1.165, 1.54) is 6.20 Å². The Hall–Kier alpha value is -2.64. The lowest BCUT2D eigenvalue weighted by atomic mass is 10.1. The molecule has 0 aliphatic carbocycles. The first kappa shape index (κ1) is 19.7. The number of carbonyl (C=O) groups is 1. The van der Waals surface area contributed by atoms with Crippen LogP contribution in [0.1, 0.15) is 47.1 Å². The summed E-state index contributed by atoms with van der Waals surface area (Å²) in [5.41, 5.74) is 2.44. The minimum atomic E-state index is -4.42. The molecule has 2 heterocycles. The van der Waals surface area contributed by atoms with E-state index in [1.54, 1.807) is 38.2 Å². The van der Waals surface area contributed by atoms with E-state index in [1.807, 2.05) is 6.92 Å². The van der Waals surface area contributed by atoms with Crippen molar-refractivity contribution < 1.29 is 22.7 Å². The van der Waals surface area contributed by atoms with Crippen molar-refractivity contribution >= 4 is 5.91 Å². The normalized spacial score (nSPS) is 12.5. The lowest BCUT2D eigenvalue weighted by Crippen LogP contribution is -2.27. The molecule has 0 radical (unpaired) electrons. The second-order valence-electron chi connectivity index (χ2n) is 5.88. The summed E-state index contributed by atoms with van der Waals surface area (Å²) in [6.07, 6.45) is -0.723. The molecule has 1 unspecified atom stereocenters. The largest absolute Gasteiger partial charge is 0.468 e. The van der Waals surface area contributed by atoms with Crippen LogP contribution in [0.2, 0.25) is 0 Å². The van der Waals surface area contributed by atoms with Gasteiger partial charge in [-0.3, -0.25) is 9.78 Å². The molecular weight excluding hydrogens is 347 g/mol. The van der Waals surface area contributed by atoms with Crippen LogP contribution in [-0.2, 0) is 6.42 Å². The average molecular weight is 367 g/mol. The summed E-state index contributed by atoms with van der Waals surface area (Å²) >= 11 is 0. The maximum atomic E-state index is 12.4. The maximum absolute atomic E-state index is 12.4. The van der Waals surface area contributed by atoms with Gasteiger partial charge in [-0.15, -0.1) is 0 Å². The SMILES string of the molecule is CCc1cc(C(=O)NC(C)c2cnc(OCC(F)(F)F)c(C)c2)ccn1. The molecule has 1 N–H and O–H groups in total. The number of nitrogens with zero attached hydrogens (tertiary/aromatic N) is 2. The second-order valence-corrected chi connectivity index (χ2v) is 5.88. The van der Waals surface area contributed by atoms with Gasteiger partial charge in [-0.05, 0) is 44.0 Å². The van der Waals surface area contributed by atoms with Gasteiger partial charge in [0.2, 0.25) is 5.88 Å². The summed E-state index contributed by atoms with van der Waals surface area (Å²) in [5.74, 6) is -0.337. The van der Waals surface area contributed by atoms with E-state index < -0.39 is 12.8 Å². The number of alkyl halides is 3. The van der Waals surface area contributed by atoms with Gasteiger partial charge in [0.05, 0.1) is 6.04 Å². The Morgan fingerprint density at radius 1 is 1.31 bits per heavy atom. The van der Waals surface area contributed by atoms with Crippen LogP contribution in [0.3, 0.4) is 0 Å². The molecule has 1 atom stereocenters. The zero-order chi connectivity index (χ0) is 19.3. The fourth-order valence-electron chi connectivity index (χ4n) is 2.30. The quantitative estimate of drug-likeness (QED) is 0.844. The maximum Gasteiger partial charge on any atom is 0.422 e. The highest BCUT2D eigenvalue weighted by atomic mass is 19.4. The topological polar surface area (TPSA) is 64.1 Å². The molecule has 0 saturated heterocycles. The highest BCUT2D eigenvalue weighted by molar-refractivity contribution is 5.94. The van der Waals surface area contributed by atoms with Crippen LogP contribution in [0, 0.1) is 6.92 Å². The smallest absolute Gasteiger partial charge is 0.422 e. The van der Waals surface area contributed by atoms with Gasteiger partial charge in [0.15, 0.2) is 6.61 Å². The molecule has 5 nitrogen and oxygen atoms in total. The molecule has 0 spiro atoms. The highest BCUT2D eigenvalue weighted by Crippen LogP contribution is 2.22. The Morgan fingerprint density at radius 3 is 2.65 bits per heavy atom. The van der Waals surface area contributed by atoms with E-state index in [0.717, 1.165) is 12.1 Å². The number of nitrogens with one attached hydrogen (secondary N) is 1. The number of aromatic nitrogens is 2. The standard InChI is InChI=1S/C18H20F3N3O2/c1-4-15-8-13(5-6-22-15)16(25)24-12(3)14-7-11(2)17(23-9-14)26-10-18(19,20)21/h5-9,12H,4,10H2,1-3H3,(H,24,25). The Labute approximate surface area is 149 Å². The van der Waals surface area contributed by atoms with Gasteiger partial charge >= 0.3 is 6.18 Å². The lowest BCUT2D eigenvalue weighted by molar-refractivity contribution is -0.154. The van der Waals surface area contributed by atoms with Crippen LogP contribution in [0.25, 0.3) is 0 Å². The van der Waals surface area contributed by atoms with Gasteiger partial charge in [0.1, 0.15) is 0 Å². The van der Waals surface area contributed by atoms with Gasteiger partial charge in [-0.25, -0.2) is 4.98 Å². The molecule has 0 saturated carbocycles.